The zero-order chi connectivity index (χ0) is 22.8. The maximum absolute atomic E-state index is 9.94. The fraction of sp³-hybridized carbons (Fsp3) is 0.160. The summed E-state index contributed by atoms with van der Waals surface area (Å²) >= 11 is 0. The molecule has 0 fully saturated rings. The van der Waals surface area contributed by atoms with Gasteiger partial charge in [0.15, 0.2) is 5.65 Å². The number of hydrogen-bond donors (Lipinski definition) is 2. The Labute approximate surface area is 191 Å². The molecule has 5 rings (SSSR count). The summed E-state index contributed by atoms with van der Waals surface area (Å²) in [5.41, 5.74) is 7.62. The van der Waals surface area contributed by atoms with Crippen molar-refractivity contribution >= 4 is 11.3 Å². The summed E-state index contributed by atoms with van der Waals surface area (Å²) in [5, 5.41) is 13.5. The van der Waals surface area contributed by atoms with Crippen molar-refractivity contribution in [3.05, 3.63) is 84.1 Å². The summed E-state index contributed by atoms with van der Waals surface area (Å²) in [4.78, 5) is 21.9. The van der Waals surface area contributed by atoms with Crippen LogP contribution in [0.2, 0.25) is 0 Å². The second-order valence-corrected chi connectivity index (χ2v) is 7.87. The third-order valence-corrected chi connectivity index (χ3v) is 5.35. The minimum absolute atomic E-state index is 0.283. The second-order valence-electron chi connectivity index (χ2n) is 7.87. The quantitative estimate of drug-likeness (QED) is 0.410. The standard InChI is InChI=1S/C25H23N7O/c1-16-14-21(27-12-8-18-6-10-26-11-7-18)24-31-22(19-5-3-4-17(2)29-19)23(32(24)15-16)20-9-13-28-25(33)30-20/h3-7,9-11,13-15,27H,8,12H2,1-2H3,(H,28,30,33). The molecule has 0 aliphatic heterocycles. The number of aromatic hydroxyl groups is 1. The van der Waals surface area contributed by atoms with Gasteiger partial charge in [-0.3, -0.25) is 14.4 Å². The fourth-order valence-electron chi connectivity index (χ4n) is 3.88. The van der Waals surface area contributed by atoms with Crippen molar-refractivity contribution in [2.24, 2.45) is 0 Å². The molecule has 0 unspecified atom stereocenters. The molecule has 164 valence electrons. The molecule has 0 atom stereocenters. The molecule has 2 N–H and O–H groups in total. The zero-order valence-electron chi connectivity index (χ0n) is 18.4. The average molecular weight is 438 g/mol. The number of aryl methyl sites for hydroxylation is 2. The van der Waals surface area contributed by atoms with Crippen LogP contribution in [0.15, 0.2) is 67.3 Å². The Balaban J connectivity index is 1.64. The van der Waals surface area contributed by atoms with Gasteiger partial charge in [-0.15, -0.1) is 0 Å². The molecular formula is C25H23N7O. The maximum Gasteiger partial charge on any atom is 0.314 e. The minimum atomic E-state index is -0.283. The van der Waals surface area contributed by atoms with Gasteiger partial charge in [-0.1, -0.05) is 6.07 Å². The third-order valence-electron chi connectivity index (χ3n) is 5.35. The first-order valence-electron chi connectivity index (χ1n) is 10.7. The highest BCUT2D eigenvalue weighted by atomic mass is 16.3. The monoisotopic (exact) mass is 437 g/mol. The van der Waals surface area contributed by atoms with Gasteiger partial charge in [0, 0.05) is 37.0 Å². The Morgan fingerprint density at radius 3 is 2.58 bits per heavy atom. The Kier molecular flexibility index (Phi) is 5.40. The van der Waals surface area contributed by atoms with Gasteiger partial charge in [0.2, 0.25) is 0 Å². The molecule has 0 saturated heterocycles. The van der Waals surface area contributed by atoms with Crippen molar-refractivity contribution in [3.8, 4) is 28.8 Å². The zero-order valence-corrected chi connectivity index (χ0v) is 18.4. The first-order chi connectivity index (χ1) is 16.1. The van der Waals surface area contributed by atoms with Crippen LogP contribution in [0.1, 0.15) is 16.8 Å². The first kappa shape index (κ1) is 20.6. The van der Waals surface area contributed by atoms with Crippen LogP contribution in [0.3, 0.4) is 0 Å². The second kappa shape index (κ2) is 8.66. The van der Waals surface area contributed by atoms with E-state index in [1.54, 1.807) is 18.5 Å². The predicted octanol–water partition coefficient (Wildman–Crippen LogP) is 4.23. The van der Waals surface area contributed by atoms with Gasteiger partial charge in [-0.2, -0.15) is 4.98 Å². The highest BCUT2D eigenvalue weighted by molar-refractivity contribution is 5.83. The van der Waals surface area contributed by atoms with E-state index in [1.807, 2.05) is 54.8 Å². The van der Waals surface area contributed by atoms with Crippen LogP contribution in [-0.4, -0.2) is 41.0 Å². The van der Waals surface area contributed by atoms with Crippen LogP contribution >= 0.6 is 0 Å². The van der Waals surface area contributed by atoms with Gasteiger partial charge in [-0.05, 0) is 67.8 Å². The number of aromatic nitrogens is 6. The molecule has 0 bridgehead atoms. The highest BCUT2D eigenvalue weighted by Gasteiger charge is 2.21. The smallest absolute Gasteiger partial charge is 0.314 e. The maximum atomic E-state index is 9.94. The van der Waals surface area contributed by atoms with Gasteiger partial charge < -0.3 is 10.4 Å². The highest BCUT2D eigenvalue weighted by Crippen LogP contribution is 2.34. The molecule has 5 aromatic rings. The van der Waals surface area contributed by atoms with Gasteiger partial charge in [0.05, 0.1) is 17.1 Å². The van der Waals surface area contributed by atoms with Crippen molar-refractivity contribution in [2.45, 2.75) is 20.3 Å². The average Bonchev–Trinajstić information content (AvgIpc) is 3.19. The van der Waals surface area contributed by atoms with E-state index in [0.717, 1.165) is 46.9 Å². The van der Waals surface area contributed by atoms with Gasteiger partial charge >= 0.3 is 6.01 Å². The summed E-state index contributed by atoms with van der Waals surface area (Å²) < 4.78 is 2.01. The molecule has 0 aliphatic rings. The molecule has 8 nitrogen and oxygen atoms in total. The lowest BCUT2D eigenvalue weighted by atomic mass is 10.1. The lowest BCUT2D eigenvalue weighted by Gasteiger charge is -2.10. The van der Waals surface area contributed by atoms with Crippen LogP contribution < -0.4 is 5.32 Å². The Morgan fingerprint density at radius 2 is 1.79 bits per heavy atom. The molecule has 5 aromatic heterocycles. The van der Waals surface area contributed by atoms with Crippen molar-refractivity contribution in [3.63, 3.8) is 0 Å². The number of imidazole rings is 1. The van der Waals surface area contributed by atoms with Crippen molar-refractivity contribution in [1.82, 2.24) is 29.3 Å². The third kappa shape index (κ3) is 4.23. The Bertz CT molecular complexity index is 1430. The summed E-state index contributed by atoms with van der Waals surface area (Å²) in [6.45, 7) is 4.74. The van der Waals surface area contributed by atoms with Crippen LogP contribution in [0.25, 0.3) is 28.4 Å². The molecule has 0 amide bonds. The Hall–Kier alpha value is -4.33. The minimum Gasteiger partial charge on any atom is -0.479 e. The lowest BCUT2D eigenvalue weighted by Crippen LogP contribution is -2.07. The topological polar surface area (TPSA) is 101 Å². The van der Waals surface area contributed by atoms with E-state index in [0.29, 0.717) is 11.4 Å². The molecule has 5 heterocycles. The number of pyridine rings is 3. The summed E-state index contributed by atoms with van der Waals surface area (Å²) in [6.07, 6.45) is 8.03. The summed E-state index contributed by atoms with van der Waals surface area (Å²) in [7, 11) is 0. The predicted molar refractivity (Wildman–Crippen MR) is 127 cm³/mol. The molecular weight excluding hydrogens is 414 g/mol. The Morgan fingerprint density at radius 1 is 0.939 bits per heavy atom. The van der Waals surface area contributed by atoms with Crippen molar-refractivity contribution in [1.29, 1.82) is 0 Å². The number of nitrogens with zero attached hydrogens (tertiary/aromatic N) is 6. The van der Waals surface area contributed by atoms with Crippen LogP contribution in [0.5, 0.6) is 6.01 Å². The van der Waals surface area contributed by atoms with Gasteiger partial charge in [0.25, 0.3) is 0 Å². The number of hydrogen-bond acceptors (Lipinski definition) is 7. The number of anilines is 1. The molecule has 0 spiro atoms. The van der Waals surface area contributed by atoms with Gasteiger partial charge in [0.1, 0.15) is 11.4 Å². The van der Waals surface area contributed by atoms with Crippen molar-refractivity contribution in [2.75, 3.05) is 11.9 Å². The van der Waals surface area contributed by atoms with E-state index in [1.165, 1.54) is 11.8 Å². The fourth-order valence-corrected chi connectivity index (χ4v) is 3.88. The SMILES string of the molecule is Cc1cc(NCCc2ccncc2)c2nc(-c3cccc(C)n3)c(-c3ccnc(O)n3)n2c1. The van der Waals surface area contributed by atoms with Crippen LogP contribution in [0, 0.1) is 13.8 Å². The van der Waals surface area contributed by atoms with Gasteiger partial charge in [-0.25, -0.2) is 9.97 Å². The van der Waals surface area contributed by atoms with E-state index in [4.69, 9.17) is 9.97 Å². The number of rotatable bonds is 6. The van der Waals surface area contributed by atoms with E-state index < -0.39 is 0 Å². The molecule has 0 saturated carbocycles. The molecule has 0 radical (unpaired) electrons. The largest absolute Gasteiger partial charge is 0.479 e. The molecule has 33 heavy (non-hydrogen) atoms. The van der Waals surface area contributed by atoms with E-state index >= 15 is 0 Å². The van der Waals surface area contributed by atoms with E-state index in [2.05, 4.69) is 26.3 Å². The summed E-state index contributed by atoms with van der Waals surface area (Å²) in [6, 6.07) is 13.4. The van der Waals surface area contributed by atoms with E-state index in [9.17, 15) is 5.11 Å². The first-order valence-corrected chi connectivity index (χ1v) is 10.7. The van der Waals surface area contributed by atoms with Crippen LogP contribution in [0.4, 0.5) is 5.69 Å². The van der Waals surface area contributed by atoms with Crippen LogP contribution in [-0.2, 0) is 6.42 Å². The van der Waals surface area contributed by atoms with Crippen molar-refractivity contribution < 1.29 is 5.11 Å². The summed E-state index contributed by atoms with van der Waals surface area (Å²) in [5.74, 6) is 0. The van der Waals surface area contributed by atoms with E-state index in [-0.39, 0.29) is 6.01 Å². The molecule has 8 heteroatoms. The lowest BCUT2D eigenvalue weighted by molar-refractivity contribution is 0.431. The number of fused-ring (bicyclic) bond motifs is 1. The molecule has 0 aliphatic carbocycles. The normalized spacial score (nSPS) is 11.1. The number of nitrogens with one attached hydrogen (secondary N) is 1. The molecule has 0 aromatic carbocycles.